The SMILES string of the molecule is NC(=O)[C@@H](CCCCCC1SCC2NC(=O)NC21)CCCCNC(=O)CCN1C(=O)C=CC1=O. The predicted molar refractivity (Wildman–Crippen MR) is 129 cm³/mol. The van der Waals surface area contributed by atoms with Gasteiger partial charge in [-0.2, -0.15) is 11.8 Å². The minimum atomic E-state index is -0.388. The highest BCUT2D eigenvalue weighted by molar-refractivity contribution is 8.00. The van der Waals surface area contributed by atoms with E-state index in [9.17, 15) is 24.0 Å². The van der Waals surface area contributed by atoms with Crippen LogP contribution >= 0.6 is 11.8 Å². The van der Waals surface area contributed by atoms with E-state index < -0.39 is 0 Å². The van der Waals surface area contributed by atoms with Crippen molar-refractivity contribution in [3.8, 4) is 0 Å². The lowest BCUT2D eigenvalue weighted by molar-refractivity contribution is -0.137. The summed E-state index contributed by atoms with van der Waals surface area (Å²) in [4.78, 5) is 59.2. The van der Waals surface area contributed by atoms with Crippen LogP contribution in [0.3, 0.4) is 0 Å². The third-order valence-corrected chi connectivity index (χ3v) is 8.15. The van der Waals surface area contributed by atoms with Gasteiger partial charge in [0.15, 0.2) is 0 Å². The third kappa shape index (κ3) is 7.48. The lowest BCUT2D eigenvalue weighted by Gasteiger charge is -2.17. The third-order valence-electron chi connectivity index (χ3n) is 6.65. The number of amides is 6. The van der Waals surface area contributed by atoms with E-state index in [4.69, 9.17) is 5.73 Å². The van der Waals surface area contributed by atoms with Crippen molar-refractivity contribution in [2.24, 2.45) is 11.7 Å². The molecule has 0 aliphatic carbocycles. The van der Waals surface area contributed by atoms with Crippen LogP contribution < -0.4 is 21.7 Å². The Kier molecular flexibility index (Phi) is 9.79. The van der Waals surface area contributed by atoms with Gasteiger partial charge in [0.05, 0.1) is 12.1 Å². The topological polar surface area (TPSA) is 151 Å². The maximum absolute atomic E-state index is 11.9. The number of fused-ring (bicyclic) bond motifs is 1. The lowest BCUT2D eigenvalue weighted by atomic mass is 9.94. The van der Waals surface area contributed by atoms with E-state index in [0.29, 0.717) is 18.2 Å². The van der Waals surface area contributed by atoms with Crippen molar-refractivity contribution >= 4 is 41.4 Å². The Labute approximate surface area is 204 Å². The summed E-state index contributed by atoms with van der Waals surface area (Å²) in [5.74, 6) is -0.445. The Morgan fingerprint density at radius 1 is 1.06 bits per heavy atom. The molecule has 3 unspecified atom stereocenters. The molecule has 11 heteroatoms. The van der Waals surface area contributed by atoms with E-state index >= 15 is 0 Å². The summed E-state index contributed by atoms with van der Waals surface area (Å²) in [6.07, 6.45) is 9.59. The van der Waals surface area contributed by atoms with Gasteiger partial charge in [0.2, 0.25) is 11.8 Å². The van der Waals surface area contributed by atoms with E-state index in [1.54, 1.807) is 0 Å². The minimum Gasteiger partial charge on any atom is -0.369 e. The molecule has 0 saturated carbocycles. The second-order valence-electron chi connectivity index (χ2n) is 9.12. The number of rotatable bonds is 15. The van der Waals surface area contributed by atoms with Crippen LogP contribution in [0, 0.1) is 5.92 Å². The highest BCUT2D eigenvalue weighted by Crippen LogP contribution is 2.33. The molecule has 3 aliphatic heterocycles. The molecular formula is C23H35N5O5S. The first-order chi connectivity index (χ1) is 16.3. The van der Waals surface area contributed by atoms with Gasteiger partial charge >= 0.3 is 6.03 Å². The number of hydrogen-bond acceptors (Lipinski definition) is 6. The van der Waals surface area contributed by atoms with Crippen molar-refractivity contribution < 1.29 is 24.0 Å². The van der Waals surface area contributed by atoms with Crippen molar-refractivity contribution in [2.45, 2.75) is 75.1 Å². The van der Waals surface area contributed by atoms with Crippen molar-refractivity contribution in [2.75, 3.05) is 18.8 Å². The number of thioether (sulfide) groups is 1. The zero-order chi connectivity index (χ0) is 24.5. The number of carbonyl (C=O) groups is 5. The molecule has 5 N–H and O–H groups in total. The lowest BCUT2D eigenvalue weighted by Crippen LogP contribution is -2.36. The van der Waals surface area contributed by atoms with Crippen LogP contribution in [0.25, 0.3) is 0 Å². The summed E-state index contributed by atoms with van der Waals surface area (Å²) in [7, 11) is 0. The number of primary amides is 1. The standard InChI is InChI=1S/C23H35N5O5S/c24-22(32)15(6-2-1-3-8-17-21-16(14-34-17)26-23(33)27-21)7-4-5-12-25-18(29)11-13-28-19(30)9-10-20(28)31/h9-10,15-17,21H,1-8,11-14H2,(H2,24,32)(H,25,29)(H2,26,27,33)/t15-,16?,17?,21?/m0/s1. The van der Waals surface area contributed by atoms with Gasteiger partial charge in [-0.1, -0.05) is 25.7 Å². The number of carbonyl (C=O) groups excluding carboxylic acids is 5. The molecule has 188 valence electrons. The Morgan fingerprint density at radius 2 is 1.76 bits per heavy atom. The first-order valence-electron chi connectivity index (χ1n) is 12.1. The Hall–Kier alpha value is -2.56. The fourth-order valence-corrected chi connectivity index (χ4v) is 6.23. The molecule has 6 amide bonds. The highest BCUT2D eigenvalue weighted by Gasteiger charge is 2.42. The molecule has 2 saturated heterocycles. The molecule has 0 aromatic rings. The van der Waals surface area contributed by atoms with Gasteiger partial charge in [0, 0.05) is 48.6 Å². The van der Waals surface area contributed by atoms with Gasteiger partial charge in [-0.15, -0.1) is 0 Å². The van der Waals surface area contributed by atoms with Crippen molar-refractivity contribution in [1.82, 2.24) is 20.9 Å². The average Bonchev–Trinajstić information content (AvgIpc) is 3.44. The predicted octanol–water partition coefficient (Wildman–Crippen LogP) is 0.805. The fourth-order valence-electron chi connectivity index (χ4n) is 4.68. The summed E-state index contributed by atoms with van der Waals surface area (Å²) < 4.78 is 0. The van der Waals surface area contributed by atoms with Crippen LogP contribution in [-0.4, -0.2) is 70.7 Å². The van der Waals surface area contributed by atoms with Crippen molar-refractivity contribution in [3.63, 3.8) is 0 Å². The molecule has 4 atom stereocenters. The second-order valence-corrected chi connectivity index (χ2v) is 10.4. The number of unbranched alkanes of at least 4 members (excludes halogenated alkanes) is 3. The van der Waals surface area contributed by atoms with Crippen molar-refractivity contribution in [1.29, 1.82) is 0 Å². The first kappa shape index (κ1) is 26.1. The molecule has 0 aromatic heterocycles. The van der Waals surface area contributed by atoms with Gasteiger partial charge in [-0.25, -0.2) is 4.79 Å². The van der Waals surface area contributed by atoms with Crippen LogP contribution in [0.1, 0.15) is 57.8 Å². The molecule has 0 aromatic carbocycles. The quantitative estimate of drug-likeness (QED) is 0.151. The summed E-state index contributed by atoms with van der Waals surface area (Å²) in [5.41, 5.74) is 5.58. The maximum Gasteiger partial charge on any atom is 0.315 e. The Bertz CT molecular complexity index is 802. The summed E-state index contributed by atoms with van der Waals surface area (Å²) >= 11 is 1.92. The zero-order valence-corrected chi connectivity index (χ0v) is 20.2. The average molecular weight is 494 g/mol. The highest BCUT2D eigenvalue weighted by atomic mass is 32.2. The largest absolute Gasteiger partial charge is 0.369 e. The van der Waals surface area contributed by atoms with Gasteiger partial charge in [0.1, 0.15) is 0 Å². The van der Waals surface area contributed by atoms with E-state index in [1.165, 1.54) is 12.2 Å². The van der Waals surface area contributed by atoms with Gasteiger partial charge in [0.25, 0.3) is 11.8 Å². The van der Waals surface area contributed by atoms with Gasteiger partial charge < -0.3 is 21.7 Å². The van der Waals surface area contributed by atoms with Crippen LogP contribution in [0.2, 0.25) is 0 Å². The molecule has 0 bridgehead atoms. The first-order valence-corrected chi connectivity index (χ1v) is 13.2. The van der Waals surface area contributed by atoms with E-state index in [2.05, 4.69) is 16.0 Å². The fraction of sp³-hybridized carbons (Fsp3) is 0.696. The van der Waals surface area contributed by atoms with Crippen LogP contribution in [0.15, 0.2) is 12.2 Å². The van der Waals surface area contributed by atoms with Gasteiger partial charge in [-0.05, 0) is 25.7 Å². The van der Waals surface area contributed by atoms with Crippen LogP contribution in [0.4, 0.5) is 4.79 Å². The summed E-state index contributed by atoms with van der Waals surface area (Å²) in [6.45, 7) is 0.559. The monoisotopic (exact) mass is 493 g/mol. The summed E-state index contributed by atoms with van der Waals surface area (Å²) in [6, 6.07) is 0.428. The molecule has 10 nitrogen and oxygen atoms in total. The molecule has 34 heavy (non-hydrogen) atoms. The number of nitrogens with zero attached hydrogens (tertiary/aromatic N) is 1. The van der Waals surface area contributed by atoms with E-state index in [1.807, 2.05) is 11.8 Å². The molecule has 0 spiro atoms. The number of imide groups is 1. The zero-order valence-electron chi connectivity index (χ0n) is 19.4. The van der Waals surface area contributed by atoms with Crippen molar-refractivity contribution in [3.05, 3.63) is 12.2 Å². The smallest absolute Gasteiger partial charge is 0.315 e. The number of urea groups is 1. The van der Waals surface area contributed by atoms with Crippen LogP contribution in [0.5, 0.6) is 0 Å². The number of nitrogens with one attached hydrogen (secondary N) is 3. The van der Waals surface area contributed by atoms with Gasteiger partial charge in [-0.3, -0.25) is 24.1 Å². The number of nitrogens with two attached hydrogens (primary N) is 1. The molecule has 2 fully saturated rings. The Balaban J connectivity index is 1.20. The van der Waals surface area contributed by atoms with Crippen LogP contribution in [-0.2, 0) is 19.2 Å². The van der Waals surface area contributed by atoms with E-state index in [-0.39, 0.29) is 60.6 Å². The number of hydrogen-bond donors (Lipinski definition) is 4. The second kappa shape index (κ2) is 12.8. The normalized spacial score (nSPS) is 24.2. The maximum atomic E-state index is 11.9. The molecule has 3 heterocycles. The molecular weight excluding hydrogens is 458 g/mol. The summed E-state index contributed by atoms with van der Waals surface area (Å²) in [5, 5.41) is 9.21. The molecule has 3 aliphatic rings. The minimum absolute atomic E-state index is 0.0585. The Morgan fingerprint density at radius 3 is 2.47 bits per heavy atom. The van der Waals surface area contributed by atoms with E-state index in [0.717, 1.165) is 55.6 Å². The molecule has 0 radical (unpaired) electrons. The molecule has 3 rings (SSSR count).